The molecule has 140 heavy (non-hydrogen) atoms. The van der Waals surface area contributed by atoms with Crippen LogP contribution in [0.15, 0.2) is 465 Å². The summed E-state index contributed by atoms with van der Waals surface area (Å²) in [7, 11) is 0. The van der Waals surface area contributed by atoms with Gasteiger partial charge >= 0.3 is 0 Å². The van der Waals surface area contributed by atoms with Crippen LogP contribution >= 0.6 is 34.0 Å². The summed E-state index contributed by atoms with van der Waals surface area (Å²) in [6.45, 7) is 0. The number of rotatable bonds is 8. The molecule has 0 atom stereocenters. The maximum absolute atomic E-state index is 6.08. The van der Waals surface area contributed by atoms with Crippen LogP contribution in [-0.2, 0) is 0 Å². The SMILES string of the molecule is c1ccc(-c2nc3c(ccc4ccccc43)nc2-c2ccc3cc4sc5ccccc5c4cc3c2)cc1.c1ccc(-c2nc3ccc4ccccc4c3nc2-c2ccc3cc4sc5ccccc5c4cc3c2)cc1.c1ccc(-c2nc3ccccc3nc2-c2ccc3cc4oc5ccccc5c4cc3c2)cc1.c1ccc(-c2nc3ccccc3nc2-c2ccc3cc4sc5ccccc5c4cc3c2)cc1. The molecule has 0 aliphatic carbocycles. The van der Waals surface area contributed by atoms with E-state index >= 15 is 0 Å². The smallest absolute Gasteiger partial charge is 0.136 e. The van der Waals surface area contributed by atoms with Crippen molar-refractivity contribution in [1.82, 2.24) is 39.9 Å². The lowest BCUT2D eigenvalue weighted by Crippen LogP contribution is -1.96. The monoisotopic (exact) mass is 1840 g/mol. The minimum atomic E-state index is 0.888. The van der Waals surface area contributed by atoms with Gasteiger partial charge in [0.05, 0.1) is 89.7 Å². The molecule has 0 saturated carbocycles. The molecule has 8 aromatic heterocycles. The molecule has 652 valence electrons. The molecule has 0 aliphatic heterocycles. The van der Waals surface area contributed by atoms with Crippen LogP contribution in [0.5, 0.6) is 0 Å². The minimum absolute atomic E-state index is 0.888. The van der Waals surface area contributed by atoms with Crippen molar-refractivity contribution in [1.29, 1.82) is 0 Å². The standard InChI is InChI=1S/2C34H20N2S.C30H18N2O.C30H18N2S/c1-2-9-22(10-3-1)32-33(35-29-17-16-21-8-4-5-11-26(21)34(29)36-32)24-15-14-23-20-31-28(19-25(23)18-24)27-12-6-7-13-30(27)37-31;1-2-9-22(10-3-1)32-33(36-34-26-11-5-4-8-21(26)16-17-29(34)35-32)24-15-14-23-20-31-28(19-25(23)18-24)27-12-6-7-13-30(27)37-31;2*1-2-8-19(9-3-1)29-30(32-26-12-6-5-11-25(26)31-29)21-15-14-20-18-28-24(17-22(20)16-21)23-10-4-7-13-27(23)33-28/h2*1-20H;2*1-18H. The third-order valence-electron chi connectivity index (χ3n) is 26.9. The molecule has 0 N–H and O–H groups in total. The van der Waals surface area contributed by atoms with Crippen LogP contribution in [0.25, 0.3) is 281 Å². The second-order valence-electron chi connectivity index (χ2n) is 35.5. The Morgan fingerprint density at radius 3 is 0.764 bits per heavy atom. The zero-order valence-corrected chi connectivity index (χ0v) is 77.5. The Morgan fingerprint density at radius 2 is 0.400 bits per heavy atom. The molecule has 30 rings (SSSR count). The highest BCUT2D eigenvalue weighted by Gasteiger charge is 2.23. The maximum atomic E-state index is 6.08. The van der Waals surface area contributed by atoms with Gasteiger partial charge in [0.15, 0.2) is 0 Å². The van der Waals surface area contributed by atoms with Crippen molar-refractivity contribution in [2.75, 3.05) is 0 Å². The number of aromatic nitrogens is 8. The third kappa shape index (κ3) is 14.8. The van der Waals surface area contributed by atoms with Crippen molar-refractivity contribution in [3.05, 3.63) is 461 Å². The van der Waals surface area contributed by atoms with Crippen molar-refractivity contribution in [3.8, 4) is 90.1 Å². The fourth-order valence-corrected chi connectivity index (χ4v) is 23.4. The number of hydrogen-bond acceptors (Lipinski definition) is 12. The number of hydrogen-bond donors (Lipinski definition) is 0. The molecular weight excluding hydrogens is 1760 g/mol. The predicted octanol–water partition coefficient (Wildman–Crippen LogP) is 35.8. The number of benzene rings is 22. The van der Waals surface area contributed by atoms with Crippen molar-refractivity contribution < 1.29 is 4.42 Å². The van der Waals surface area contributed by atoms with E-state index in [1.165, 1.54) is 104 Å². The van der Waals surface area contributed by atoms with E-state index in [0.717, 1.165) is 178 Å². The van der Waals surface area contributed by atoms with E-state index in [1.54, 1.807) is 0 Å². The summed E-state index contributed by atoms with van der Waals surface area (Å²) in [5, 5.41) is 24.4. The van der Waals surface area contributed by atoms with Gasteiger partial charge in [-0.05, 0) is 187 Å². The lowest BCUT2D eigenvalue weighted by molar-refractivity contribution is 0.669. The van der Waals surface area contributed by atoms with Gasteiger partial charge in [0.2, 0.25) is 0 Å². The lowest BCUT2D eigenvalue weighted by Gasteiger charge is -2.13. The normalized spacial score (nSPS) is 11.7. The summed E-state index contributed by atoms with van der Waals surface area (Å²) >= 11 is 5.57. The van der Waals surface area contributed by atoms with E-state index in [9.17, 15) is 0 Å². The second-order valence-corrected chi connectivity index (χ2v) is 38.7. The molecule has 0 aliphatic rings. The van der Waals surface area contributed by atoms with Crippen molar-refractivity contribution in [3.63, 3.8) is 0 Å². The average Bonchev–Trinajstić information content (AvgIpc) is 0.796. The number of nitrogens with zero attached hydrogens (tertiary/aromatic N) is 8. The van der Waals surface area contributed by atoms with Gasteiger partial charge in [0, 0.05) is 127 Å². The minimum Gasteiger partial charge on any atom is -0.456 e. The van der Waals surface area contributed by atoms with Crippen LogP contribution in [0.2, 0.25) is 0 Å². The first kappa shape index (κ1) is 81.7. The zero-order valence-electron chi connectivity index (χ0n) is 75.1. The van der Waals surface area contributed by atoms with Crippen LogP contribution < -0.4 is 0 Å². The maximum Gasteiger partial charge on any atom is 0.136 e. The first-order valence-corrected chi connectivity index (χ1v) is 49.3. The molecule has 30 aromatic rings. The van der Waals surface area contributed by atoms with Gasteiger partial charge in [-0.25, -0.2) is 39.9 Å². The van der Waals surface area contributed by atoms with Crippen LogP contribution in [0, 0.1) is 0 Å². The summed E-state index contributed by atoms with van der Waals surface area (Å²) in [5.74, 6) is 0. The summed E-state index contributed by atoms with van der Waals surface area (Å²) in [6, 6.07) is 162. The summed E-state index contributed by atoms with van der Waals surface area (Å²) in [5.41, 5.74) is 24.9. The van der Waals surface area contributed by atoms with Gasteiger partial charge in [-0.3, -0.25) is 0 Å². The lowest BCUT2D eigenvalue weighted by atomic mass is 9.99. The zero-order chi connectivity index (χ0) is 92.2. The molecule has 8 heterocycles. The fraction of sp³-hybridized carbons (Fsp3) is 0. The van der Waals surface area contributed by atoms with Gasteiger partial charge in [0.25, 0.3) is 0 Å². The van der Waals surface area contributed by atoms with E-state index in [0.29, 0.717) is 0 Å². The van der Waals surface area contributed by atoms with Gasteiger partial charge in [-0.2, -0.15) is 0 Å². The Hall–Kier alpha value is -17.8. The molecule has 0 saturated heterocycles. The van der Waals surface area contributed by atoms with Crippen molar-refractivity contribution in [2.24, 2.45) is 0 Å². The van der Waals surface area contributed by atoms with Crippen LogP contribution in [0.4, 0.5) is 0 Å². The van der Waals surface area contributed by atoms with Gasteiger partial charge in [-0.15, -0.1) is 34.0 Å². The third-order valence-corrected chi connectivity index (χ3v) is 30.3. The Bertz CT molecular complexity index is 9980. The highest BCUT2D eigenvalue weighted by atomic mass is 32.1. The Morgan fingerprint density at radius 1 is 0.136 bits per heavy atom. The second kappa shape index (κ2) is 34.2. The number of para-hydroxylation sites is 5. The van der Waals surface area contributed by atoms with Crippen molar-refractivity contribution >= 4 is 225 Å². The van der Waals surface area contributed by atoms with Gasteiger partial charge in [-0.1, -0.05) is 328 Å². The average molecular weight is 1840 g/mol. The predicted molar refractivity (Wildman–Crippen MR) is 593 cm³/mol. The van der Waals surface area contributed by atoms with E-state index in [1.807, 2.05) is 131 Å². The largest absolute Gasteiger partial charge is 0.456 e. The van der Waals surface area contributed by atoms with Crippen LogP contribution in [0.1, 0.15) is 0 Å². The summed E-state index contributed by atoms with van der Waals surface area (Å²) < 4.78 is 14.0. The summed E-state index contributed by atoms with van der Waals surface area (Å²) in [6.07, 6.45) is 0. The Balaban J connectivity index is 0.0000000939. The van der Waals surface area contributed by atoms with E-state index in [2.05, 4.69) is 364 Å². The Kier molecular flexibility index (Phi) is 20.0. The molecular formula is C128H76N8OS3. The van der Waals surface area contributed by atoms with E-state index in [-0.39, 0.29) is 0 Å². The molecule has 22 aromatic carbocycles. The summed E-state index contributed by atoms with van der Waals surface area (Å²) in [4.78, 5) is 41.1. The highest BCUT2D eigenvalue weighted by molar-refractivity contribution is 7.26. The van der Waals surface area contributed by atoms with Gasteiger partial charge < -0.3 is 4.42 Å². The van der Waals surface area contributed by atoms with Crippen LogP contribution in [0.3, 0.4) is 0 Å². The number of furan rings is 1. The molecule has 0 amide bonds. The number of thiophene rings is 3. The Labute approximate surface area is 814 Å². The molecule has 12 heteroatoms. The first-order valence-electron chi connectivity index (χ1n) is 46.9. The first-order chi connectivity index (χ1) is 69.3. The molecule has 0 fully saturated rings. The number of fused-ring (bicyclic) bond motifs is 24. The fourth-order valence-electron chi connectivity index (χ4n) is 20.0. The molecule has 0 bridgehead atoms. The van der Waals surface area contributed by atoms with Crippen molar-refractivity contribution in [2.45, 2.75) is 0 Å². The van der Waals surface area contributed by atoms with E-state index in [4.69, 9.17) is 44.3 Å². The molecule has 9 nitrogen and oxygen atoms in total. The van der Waals surface area contributed by atoms with E-state index < -0.39 is 0 Å². The van der Waals surface area contributed by atoms with Gasteiger partial charge in [0.1, 0.15) is 11.2 Å². The topological polar surface area (TPSA) is 116 Å². The van der Waals surface area contributed by atoms with Crippen LogP contribution in [-0.4, -0.2) is 39.9 Å². The molecule has 0 spiro atoms. The quantitative estimate of drug-likeness (QED) is 0.137. The molecule has 0 unspecified atom stereocenters. The molecule has 0 radical (unpaired) electrons. The highest BCUT2D eigenvalue weighted by Crippen LogP contribution is 2.46.